The molecule has 2 aromatic rings. The van der Waals surface area contributed by atoms with Gasteiger partial charge in [-0.1, -0.05) is 119 Å². The predicted molar refractivity (Wildman–Crippen MR) is 224 cm³/mol. The summed E-state index contributed by atoms with van der Waals surface area (Å²) in [6.07, 6.45) is 20.5. The van der Waals surface area contributed by atoms with E-state index in [0.29, 0.717) is 36.1 Å². The lowest BCUT2D eigenvalue weighted by Gasteiger charge is -2.29. The fourth-order valence-electron chi connectivity index (χ4n) is 7.48. The molecule has 4 heterocycles. The molecule has 0 saturated heterocycles. The molecule has 0 radical (unpaired) electrons. The summed E-state index contributed by atoms with van der Waals surface area (Å²) < 4.78 is 2.26. The van der Waals surface area contributed by atoms with Crippen LogP contribution in [0.4, 0.5) is 0 Å². The first-order chi connectivity index (χ1) is 24.2. The average molecular weight is 851 g/mol. The van der Waals surface area contributed by atoms with Crippen LogP contribution in [0.2, 0.25) is 0 Å². The molecule has 0 saturated carbocycles. The van der Waals surface area contributed by atoms with Gasteiger partial charge in [0.2, 0.25) is 0 Å². The molecule has 0 bridgehead atoms. The minimum absolute atomic E-state index is 0.0143. The Morgan fingerprint density at radius 3 is 1.28 bits per heavy atom. The monoisotopic (exact) mass is 848 g/mol. The molecule has 278 valence electrons. The summed E-state index contributed by atoms with van der Waals surface area (Å²) in [6.45, 7) is 14.8. The molecule has 2 atom stereocenters. The molecule has 8 heteroatoms. The van der Waals surface area contributed by atoms with Crippen LogP contribution in [0.15, 0.2) is 30.9 Å². The third kappa shape index (κ3) is 10.0. The number of fused-ring (bicyclic) bond motifs is 1. The van der Waals surface area contributed by atoms with Crippen LogP contribution in [0.3, 0.4) is 0 Å². The molecule has 2 aliphatic heterocycles. The molecular weight excluding hydrogens is 788 g/mol. The van der Waals surface area contributed by atoms with Gasteiger partial charge in [-0.3, -0.25) is 9.59 Å². The largest absolute Gasteiger partial charge is 0.306 e. The standard InChI is InChI=1S/C42H62Br2N2O2S2/c1-7-13-17-19-23-31-25-33(49-39(31)43)37-35-36(42(48)45(37)27-29(11-5)21-15-9-3)38(46(41(35)47)28-30(12-6)22-16-10-4)34-26-32(40(44)50-34)24-20-18-14-8-2/h25-26,29-30H,7-24,27-28H2,1-6H3. The number of carbonyl (C=O) groups is 2. The highest BCUT2D eigenvalue weighted by molar-refractivity contribution is 9.11. The van der Waals surface area contributed by atoms with Crippen molar-refractivity contribution in [3.63, 3.8) is 0 Å². The van der Waals surface area contributed by atoms with Crippen LogP contribution < -0.4 is 0 Å². The van der Waals surface area contributed by atoms with Crippen LogP contribution in [0.1, 0.15) is 165 Å². The fourth-order valence-corrected chi connectivity index (χ4v) is 11.1. The predicted octanol–water partition coefficient (Wildman–Crippen LogP) is 13.8. The van der Waals surface area contributed by atoms with Crippen molar-refractivity contribution < 1.29 is 9.59 Å². The van der Waals surface area contributed by atoms with Crippen molar-refractivity contribution in [1.82, 2.24) is 9.80 Å². The van der Waals surface area contributed by atoms with Crippen molar-refractivity contribution >= 4 is 77.7 Å². The van der Waals surface area contributed by atoms with E-state index in [1.807, 2.05) is 9.80 Å². The molecule has 0 spiro atoms. The van der Waals surface area contributed by atoms with E-state index in [4.69, 9.17) is 0 Å². The Morgan fingerprint density at radius 1 is 0.560 bits per heavy atom. The molecule has 2 unspecified atom stereocenters. The number of hydrogen-bond donors (Lipinski definition) is 0. The molecule has 0 fully saturated rings. The highest BCUT2D eigenvalue weighted by Gasteiger charge is 2.50. The van der Waals surface area contributed by atoms with Crippen LogP contribution >= 0.6 is 54.5 Å². The number of carbonyl (C=O) groups excluding carboxylic acids is 2. The number of amides is 2. The summed E-state index contributed by atoms with van der Waals surface area (Å²) in [6, 6.07) is 4.56. The Hall–Kier alpha value is -1.22. The first-order valence-corrected chi connectivity index (χ1v) is 23.2. The van der Waals surface area contributed by atoms with Crippen LogP contribution in [0.25, 0.3) is 11.4 Å². The van der Waals surface area contributed by atoms with Gasteiger partial charge < -0.3 is 9.80 Å². The van der Waals surface area contributed by atoms with E-state index in [-0.39, 0.29) is 11.8 Å². The fraction of sp³-hybridized carbons (Fsp3) is 0.667. The van der Waals surface area contributed by atoms with E-state index in [9.17, 15) is 0 Å². The lowest BCUT2D eigenvalue weighted by atomic mass is 9.98. The maximum Gasteiger partial charge on any atom is 0.261 e. The van der Waals surface area contributed by atoms with Crippen LogP contribution in [-0.4, -0.2) is 34.7 Å². The summed E-state index contributed by atoms with van der Waals surface area (Å²) in [5.41, 5.74) is 5.57. The molecule has 2 aliphatic rings. The van der Waals surface area contributed by atoms with Crippen molar-refractivity contribution in [2.24, 2.45) is 11.8 Å². The van der Waals surface area contributed by atoms with Gasteiger partial charge >= 0.3 is 0 Å². The quantitative estimate of drug-likeness (QED) is 0.0988. The van der Waals surface area contributed by atoms with Gasteiger partial charge in [-0.2, -0.15) is 0 Å². The SMILES string of the molecule is CCCCCCc1cc(C2=C3C(=O)N(CC(CC)CCCC)C(c4cc(CCCCCC)c(Br)s4)=C3C(=O)N2CC(CC)CCCC)sc1Br. The van der Waals surface area contributed by atoms with E-state index in [1.165, 1.54) is 49.7 Å². The van der Waals surface area contributed by atoms with Crippen LogP contribution in [0.5, 0.6) is 0 Å². The Labute approximate surface area is 328 Å². The van der Waals surface area contributed by atoms with Crippen molar-refractivity contribution in [3.8, 4) is 0 Å². The van der Waals surface area contributed by atoms with Gasteiger partial charge in [-0.05, 0) is 105 Å². The number of rotatable bonds is 24. The maximum atomic E-state index is 15.0. The Kier molecular flexibility index (Phi) is 17.3. The van der Waals surface area contributed by atoms with Gasteiger partial charge in [0.25, 0.3) is 11.8 Å². The number of aryl methyl sites for hydroxylation is 2. The Morgan fingerprint density at radius 2 is 0.940 bits per heavy atom. The number of unbranched alkanes of at least 4 members (excludes halogenated alkanes) is 8. The molecule has 2 aromatic heterocycles. The van der Waals surface area contributed by atoms with E-state index >= 15 is 9.59 Å². The first kappa shape index (κ1) is 41.5. The molecular formula is C42H62Br2N2O2S2. The smallest absolute Gasteiger partial charge is 0.261 e. The second kappa shape index (κ2) is 20.9. The van der Waals surface area contributed by atoms with Crippen LogP contribution in [-0.2, 0) is 22.4 Å². The van der Waals surface area contributed by atoms with Gasteiger partial charge in [-0.15, -0.1) is 22.7 Å². The van der Waals surface area contributed by atoms with E-state index in [2.05, 4.69) is 85.5 Å². The molecule has 50 heavy (non-hydrogen) atoms. The number of hydrogen-bond acceptors (Lipinski definition) is 4. The summed E-state index contributed by atoms with van der Waals surface area (Å²) in [4.78, 5) is 36.1. The first-order valence-electron chi connectivity index (χ1n) is 19.9. The molecule has 4 nitrogen and oxygen atoms in total. The summed E-state index contributed by atoms with van der Waals surface area (Å²) >= 11 is 11.2. The van der Waals surface area contributed by atoms with Gasteiger partial charge in [0.05, 0.1) is 39.9 Å². The molecule has 0 aliphatic carbocycles. The van der Waals surface area contributed by atoms with Crippen LogP contribution in [0, 0.1) is 11.8 Å². The minimum Gasteiger partial charge on any atom is -0.306 e. The van der Waals surface area contributed by atoms with E-state index < -0.39 is 0 Å². The number of thiophene rings is 2. The molecule has 2 amide bonds. The van der Waals surface area contributed by atoms with Gasteiger partial charge in [-0.25, -0.2) is 0 Å². The maximum absolute atomic E-state index is 15.0. The zero-order chi connectivity index (χ0) is 36.2. The molecule has 4 rings (SSSR count). The van der Waals surface area contributed by atoms with Gasteiger partial charge in [0, 0.05) is 13.1 Å². The normalized spacial score (nSPS) is 16.1. The van der Waals surface area contributed by atoms with Gasteiger partial charge in [0.15, 0.2) is 0 Å². The lowest BCUT2D eigenvalue weighted by Crippen LogP contribution is -2.34. The second-order valence-electron chi connectivity index (χ2n) is 14.6. The van der Waals surface area contributed by atoms with Crippen molar-refractivity contribution in [2.45, 2.75) is 157 Å². The molecule has 0 aromatic carbocycles. The lowest BCUT2D eigenvalue weighted by molar-refractivity contribution is -0.124. The third-order valence-corrected chi connectivity index (χ3v) is 14.7. The van der Waals surface area contributed by atoms with E-state index in [0.717, 1.165) is 106 Å². The highest BCUT2D eigenvalue weighted by Crippen LogP contribution is 2.51. The minimum atomic E-state index is 0.0143. The van der Waals surface area contributed by atoms with E-state index in [1.54, 1.807) is 22.7 Å². The topological polar surface area (TPSA) is 40.6 Å². The summed E-state index contributed by atoms with van der Waals surface area (Å²) in [7, 11) is 0. The third-order valence-electron chi connectivity index (χ3n) is 10.7. The summed E-state index contributed by atoms with van der Waals surface area (Å²) in [5, 5.41) is 0. The van der Waals surface area contributed by atoms with Gasteiger partial charge in [0.1, 0.15) is 0 Å². The van der Waals surface area contributed by atoms with Crippen molar-refractivity contribution in [1.29, 1.82) is 0 Å². The number of halogens is 2. The Balaban J connectivity index is 1.87. The second-order valence-corrected chi connectivity index (χ2v) is 19.3. The van der Waals surface area contributed by atoms with Crippen molar-refractivity contribution in [2.75, 3.05) is 13.1 Å². The number of nitrogens with zero attached hydrogens (tertiary/aromatic N) is 2. The average Bonchev–Trinajstić information content (AvgIpc) is 3.82. The Bertz CT molecular complexity index is 1380. The molecule has 0 N–H and O–H groups in total. The zero-order valence-corrected chi connectivity index (χ0v) is 36.5. The zero-order valence-electron chi connectivity index (χ0n) is 31.7. The summed E-state index contributed by atoms with van der Waals surface area (Å²) in [5.74, 6) is 0.815. The highest BCUT2D eigenvalue weighted by atomic mass is 79.9. The van der Waals surface area contributed by atoms with Crippen molar-refractivity contribution in [3.05, 3.63) is 51.7 Å².